The lowest BCUT2D eigenvalue weighted by molar-refractivity contribution is 0.0527. The number of hydrogen-bond acceptors (Lipinski definition) is 3. The van der Waals surface area contributed by atoms with Gasteiger partial charge in [0.25, 0.3) is 0 Å². The lowest BCUT2D eigenvalue weighted by atomic mass is 9.77. The highest BCUT2D eigenvalue weighted by molar-refractivity contribution is 5.67. The molecule has 0 aromatic heterocycles. The third-order valence-electron chi connectivity index (χ3n) is 3.55. The van der Waals surface area contributed by atoms with Crippen LogP contribution in [0.2, 0.25) is 0 Å². The molecular weight excluding hydrogens is 264 g/mol. The SMILES string of the molecule is CC(C)(C)OC(=O)NCCCNCC1Cc2ccccc21. The number of fused-ring (bicyclic) bond motifs is 1. The topological polar surface area (TPSA) is 50.4 Å². The van der Waals surface area contributed by atoms with Crippen molar-refractivity contribution >= 4 is 6.09 Å². The van der Waals surface area contributed by atoms with Crippen molar-refractivity contribution in [3.63, 3.8) is 0 Å². The zero-order valence-corrected chi connectivity index (χ0v) is 13.2. The normalized spacial score (nSPS) is 16.8. The van der Waals surface area contributed by atoms with E-state index in [1.54, 1.807) is 0 Å². The van der Waals surface area contributed by atoms with E-state index in [1.165, 1.54) is 17.5 Å². The molecule has 4 nitrogen and oxygen atoms in total. The molecule has 1 aliphatic rings. The Balaban J connectivity index is 1.51. The van der Waals surface area contributed by atoms with Gasteiger partial charge in [-0.2, -0.15) is 0 Å². The van der Waals surface area contributed by atoms with Crippen LogP contribution in [0.5, 0.6) is 0 Å². The minimum atomic E-state index is -0.431. The number of ether oxygens (including phenoxy) is 1. The van der Waals surface area contributed by atoms with E-state index >= 15 is 0 Å². The van der Waals surface area contributed by atoms with E-state index in [4.69, 9.17) is 4.74 Å². The molecule has 1 aromatic carbocycles. The Labute approximate surface area is 127 Å². The fourth-order valence-corrected chi connectivity index (χ4v) is 2.54. The van der Waals surface area contributed by atoms with Gasteiger partial charge in [0.2, 0.25) is 0 Å². The molecule has 21 heavy (non-hydrogen) atoms. The molecule has 1 atom stereocenters. The third-order valence-corrected chi connectivity index (χ3v) is 3.55. The van der Waals surface area contributed by atoms with Gasteiger partial charge in [-0.3, -0.25) is 0 Å². The molecule has 0 saturated carbocycles. The lowest BCUT2D eigenvalue weighted by Gasteiger charge is -2.30. The second-order valence-electron chi connectivity index (χ2n) is 6.59. The van der Waals surface area contributed by atoms with Gasteiger partial charge in [0.15, 0.2) is 0 Å². The number of carbonyl (C=O) groups is 1. The van der Waals surface area contributed by atoms with Gasteiger partial charge in [-0.25, -0.2) is 4.79 Å². The van der Waals surface area contributed by atoms with E-state index in [2.05, 4.69) is 34.9 Å². The van der Waals surface area contributed by atoms with Crippen LogP contribution in [-0.2, 0) is 11.2 Å². The Morgan fingerprint density at radius 1 is 1.29 bits per heavy atom. The van der Waals surface area contributed by atoms with E-state index in [9.17, 15) is 4.79 Å². The Hall–Kier alpha value is -1.55. The minimum Gasteiger partial charge on any atom is -0.444 e. The summed E-state index contributed by atoms with van der Waals surface area (Å²) in [5.74, 6) is 0.653. The zero-order valence-electron chi connectivity index (χ0n) is 13.2. The van der Waals surface area contributed by atoms with Crippen molar-refractivity contribution in [1.82, 2.24) is 10.6 Å². The van der Waals surface area contributed by atoms with Crippen LogP contribution in [0.4, 0.5) is 4.79 Å². The van der Waals surface area contributed by atoms with Crippen molar-refractivity contribution in [2.24, 2.45) is 0 Å². The second kappa shape index (κ2) is 6.94. The Kier molecular flexibility index (Phi) is 5.23. The predicted octanol–water partition coefficient (Wildman–Crippen LogP) is 2.83. The van der Waals surface area contributed by atoms with Crippen LogP contribution in [0.15, 0.2) is 24.3 Å². The van der Waals surface area contributed by atoms with Gasteiger partial charge in [0.05, 0.1) is 0 Å². The van der Waals surface area contributed by atoms with E-state index in [0.717, 1.165) is 19.5 Å². The van der Waals surface area contributed by atoms with Crippen LogP contribution in [0, 0.1) is 0 Å². The molecule has 0 aliphatic heterocycles. The van der Waals surface area contributed by atoms with Gasteiger partial charge in [0.1, 0.15) is 5.60 Å². The van der Waals surface area contributed by atoms with E-state index < -0.39 is 5.60 Å². The summed E-state index contributed by atoms with van der Waals surface area (Å²) in [5.41, 5.74) is 2.53. The monoisotopic (exact) mass is 290 g/mol. The van der Waals surface area contributed by atoms with Crippen LogP contribution >= 0.6 is 0 Å². The first-order chi connectivity index (χ1) is 9.96. The molecule has 1 amide bonds. The molecule has 0 saturated heterocycles. The van der Waals surface area contributed by atoms with Crippen LogP contribution in [0.1, 0.15) is 44.2 Å². The highest BCUT2D eigenvalue weighted by atomic mass is 16.6. The second-order valence-corrected chi connectivity index (χ2v) is 6.59. The number of hydrogen-bond donors (Lipinski definition) is 2. The van der Waals surface area contributed by atoms with Crippen molar-refractivity contribution in [3.05, 3.63) is 35.4 Å². The summed E-state index contributed by atoms with van der Waals surface area (Å²) < 4.78 is 5.18. The number of rotatable bonds is 6. The zero-order chi connectivity index (χ0) is 15.3. The highest BCUT2D eigenvalue weighted by Crippen LogP contribution is 2.33. The van der Waals surface area contributed by atoms with Gasteiger partial charge in [-0.1, -0.05) is 24.3 Å². The predicted molar refractivity (Wildman–Crippen MR) is 84.6 cm³/mol. The van der Waals surface area contributed by atoms with E-state index in [0.29, 0.717) is 12.5 Å². The van der Waals surface area contributed by atoms with Crippen molar-refractivity contribution in [3.8, 4) is 0 Å². The molecule has 2 N–H and O–H groups in total. The van der Waals surface area contributed by atoms with Crippen LogP contribution < -0.4 is 10.6 Å². The summed E-state index contributed by atoms with van der Waals surface area (Å²) in [7, 11) is 0. The molecule has 1 aliphatic carbocycles. The van der Waals surface area contributed by atoms with Crippen molar-refractivity contribution < 1.29 is 9.53 Å². The molecule has 0 spiro atoms. The summed E-state index contributed by atoms with van der Waals surface area (Å²) in [6.45, 7) is 8.17. The summed E-state index contributed by atoms with van der Waals surface area (Å²) in [4.78, 5) is 11.4. The molecule has 0 bridgehead atoms. The molecule has 4 heteroatoms. The fraction of sp³-hybridized carbons (Fsp3) is 0.588. The van der Waals surface area contributed by atoms with Gasteiger partial charge >= 0.3 is 6.09 Å². The van der Waals surface area contributed by atoms with E-state index in [1.807, 2.05) is 20.8 Å². The van der Waals surface area contributed by atoms with Gasteiger partial charge < -0.3 is 15.4 Å². The first-order valence-electron chi connectivity index (χ1n) is 7.71. The van der Waals surface area contributed by atoms with Crippen molar-refractivity contribution in [1.29, 1.82) is 0 Å². The number of benzene rings is 1. The maximum Gasteiger partial charge on any atom is 0.407 e. The number of carbonyl (C=O) groups excluding carboxylic acids is 1. The Bertz CT molecular complexity index is 480. The minimum absolute atomic E-state index is 0.338. The summed E-state index contributed by atoms with van der Waals surface area (Å²) in [6, 6.07) is 8.63. The number of alkyl carbamates (subject to hydrolysis) is 1. The van der Waals surface area contributed by atoms with Gasteiger partial charge in [-0.15, -0.1) is 0 Å². The molecule has 0 fully saturated rings. The molecular formula is C17H26N2O2. The number of nitrogens with one attached hydrogen (secondary N) is 2. The lowest BCUT2D eigenvalue weighted by Crippen LogP contribution is -2.34. The largest absolute Gasteiger partial charge is 0.444 e. The fourth-order valence-electron chi connectivity index (χ4n) is 2.54. The first kappa shape index (κ1) is 15.8. The number of amides is 1. The van der Waals surface area contributed by atoms with E-state index in [-0.39, 0.29) is 6.09 Å². The molecule has 116 valence electrons. The molecule has 1 unspecified atom stereocenters. The standard InChI is InChI=1S/C17H26N2O2/c1-17(2,3)21-16(20)19-10-6-9-18-12-14-11-13-7-4-5-8-15(13)14/h4-5,7-8,14,18H,6,9-12H2,1-3H3,(H,19,20). The average molecular weight is 290 g/mol. The van der Waals surface area contributed by atoms with Crippen molar-refractivity contribution in [2.75, 3.05) is 19.6 Å². The summed E-state index contributed by atoms with van der Waals surface area (Å²) in [5, 5.41) is 6.23. The van der Waals surface area contributed by atoms with Gasteiger partial charge in [-0.05, 0) is 51.3 Å². The van der Waals surface area contributed by atoms with Crippen LogP contribution in [0.3, 0.4) is 0 Å². The molecule has 0 radical (unpaired) electrons. The Morgan fingerprint density at radius 2 is 2.05 bits per heavy atom. The van der Waals surface area contributed by atoms with Crippen LogP contribution in [-0.4, -0.2) is 31.3 Å². The van der Waals surface area contributed by atoms with Gasteiger partial charge in [0, 0.05) is 19.0 Å². The molecule has 2 rings (SSSR count). The first-order valence-corrected chi connectivity index (χ1v) is 7.71. The smallest absolute Gasteiger partial charge is 0.407 e. The highest BCUT2D eigenvalue weighted by Gasteiger charge is 2.24. The maximum atomic E-state index is 11.4. The maximum absolute atomic E-state index is 11.4. The summed E-state index contributed by atoms with van der Waals surface area (Å²) >= 11 is 0. The van der Waals surface area contributed by atoms with Crippen molar-refractivity contribution in [2.45, 2.75) is 45.1 Å². The third kappa shape index (κ3) is 5.05. The average Bonchev–Trinajstić information content (AvgIpc) is 2.36. The quantitative estimate of drug-likeness (QED) is 0.792. The summed E-state index contributed by atoms with van der Waals surface area (Å²) in [6.07, 6.45) is 1.75. The molecule has 1 aromatic rings. The van der Waals surface area contributed by atoms with Crippen LogP contribution in [0.25, 0.3) is 0 Å². The Morgan fingerprint density at radius 3 is 2.76 bits per heavy atom. The molecule has 0 heterocycles.